The Labute approximate surface area is 147 Å². The van der Waals surface area contributed by atoms with Crippen molar-refractivity contribution in [2.75, 3.05) is 27.3 Å². The van der Waals surface area contributed by atoms with Crippen molar-refractivity contribution in [3.05, 3.63) is 29.8 Å². The Bertz CT molecular complexity index is 637. The fourth-order valence-corrected chi connectivity index (χ4v) is 3.66. The zero-order valence-electron chi connectivity index (χ0n) is 14.7. The molecule has 1 amide bonds. The Morgan fingerprint density at radius 2 is 2.08 bits per heavy atom. The van der Waals surface area contributed by atoms with Gasteiger partial charge in [0.15, 0.2) is 0 Å². The van der Waals surface area contributed by atoms with Crippen molar-refractivity contribution in [2.24, 2.45) is 5.92 Å². The molecule has 3 atom stereocenters. The van der Waals surface area contributed by atoms with Crippen molar-refractivity contribution in [1.82, 2.24) is 15.8 Å². The number of nitrogens with one attached hydrogen (secondary N) is 2. The summed E-state index contributed by atoms with van der Waals surface area (Å²) in [5, 5.41) is 0. The number of esters is 1. The molecule has 7 heteroatoms. The van der Waals surface area contributed by atoms with Crippen LogP contribution in [-0.2, 0) is 14.3 Å². The van der Waals surface area contributed by atoms with Crippen molar-refractivity contribution in [3.8, 4) is 5.75 Å². The molecule has 0 spiro atoms. The number of fused-ring (bicyclic) bond motifs is 1. The van der Waals surface area contributed by atoms with E-state index in [-0.39, 0.29) is 36.7 Å². The minimum atomic E-state index is -0.346. The van der Waals surface area contributed by atoms with Crippen LogP contribution in [0.1, 0.15) is 30.9 Å². The van der Waals surface area contributed by atoms with E-state index in [2.05, 4.69) is 21.7 Å². The van der Waals surface area contributed by atoms with Crippen LogP contribution in [0.5, 0.6) is 5.75 Å². The predicted octanol–water partition coefficient (Wildman–Crippen LogP) is 1.01. The number of likely N-dealkylation sites (tertiary alicyclic amines) is 1. The second-order valence-electron chi connectivity index (χ2n) is 6.52. The first-order valence-electron chi connectivity index (χ1n) is 8.62. The minimum Gasteiger partial charge on any atom is -0.497 e. The van der Waals surface area contributed by atoms with Gasteiger partial charge in [-0.25, -0.2) is 5.43 Å². The van der Waals surface area contributed by atoms with Crippen LogP contribution >= 0.6 is 0 Å². The molecule has 7 nitrogen and oxygen atoms in total. The van der Waals surface area contributed by atoms with E-state index in [1.54, 1.807) is 7.11 Å². The van der Waals surface area contributed by atoms with Crippen LogP contribution in [0.15, 0.2) is 24.3 Å². The molecule has 3 rings (SSSR count). The van der Waals surface area contributed by atoms with E-state index < -0.39 is 0 Å². The fraction of sp³-hybridized carbons (Fsp3) is 0.556. The predicted molar refractivity (Wildman–Crippen MR) is 91.7 cm³/mol. The molecule has 2 heterocycles. The van der Waals surface area contributed by atoms with Gasteiger partial charge >= 0.3 is 5.97 Å². The Hall–Kier alpha value is -2.12. The first kappa shape index (κ1) is 17.7. The van der Waals surface area contributed by atoms with E-state index in [0.717, 1.165) is 17.7 Å². The number of amides is 1. The van der Waals surface area contributed by atoms with Crippen LogP contribution in [0.4, 0.5) is 0 Å². The smallest absolute Gasteiger partial charge is 0.306 e. The molecular formula is C18H25N3O4. The Morgan fingerprint density at radius 1 is 1.24 bits per heavy atom. The lowest BCUT2D eigenvalue weighted by atomic mass is 9.85. The van der Waals surface area contributed by atoms with Gasteiger partial charge in [-0.1, -0.05) is 12.1 Å². The summed E-state index contributed by atoms with van der Waals surface area (Å²) in [7, 11) is 3.00. The number of hydrogen-bond donors (Lipinski definition) is 2. The van der Waals surface area contributed by atoms with Crippen LogP contribution in [-0.4, -0.2) is 50.1 Å². The van der Waals surface area contributed by atoms with Crippen LogP contribution in [0.3, 0.4) is 0 Å². The van der Waals surface area contributed by atoms with Crippen LogP contribution in [0.25, 0.3) is 0 Å². The second kappa shape index (κ2) is 7.84. The van der Waals surface area contributed by atoms with Gasteiger partial charge in [-0.15, -0.1) is 0 Å². The Morgan fingerprint density at radius 3 is 2.84 bits per heavy atom. The molecule has 2 N–H and O–H groups in total. The van der Waals surface area contributed by atoms with E-state index in [0.29, 0.717) is 19.1 Å². The Kier molecular flexibility index (Phi) is 5.55. The van der Waals surface area contributed by atoms with Crippen molar-refractivity contribution in [1.29, 1.82) is 0 Å². The number of hydrazine groups is 1. The lowest BCUT2D eigenvalue weighted by Gasteiger charge is -2.36. The van der Waals surface area contributed by atoms with Gasteiger partial charge in [0, 0.05) is 31.5 Å². The molecule has 0 saturated carbocycles. The largest absolute Gasteiger partial charge is 0.497 e. The summed E-state index contributed by atoms with van der Waals surface area (Å²) in [6.07, 6.45) is 1.23. The minimum absolute atomic E-state index is 0.0140. The van der Waals surface area contributed by atoms with E-state index in [9.17, 15) is 9.59 Å². The topological polar surface area (TPSA) is 79.9 Å². The van der Waals surface area contributed by atoms with Gasteiger partial charge in [-0.3, -0.25) is 15.0 Å². The van der Waals surface area contributed by atoms with Crippen molar-refractivity contribution in [3.63, 3.8) is 0 Å². The van der Waals surface area contributed by atoms with E-state index in [1.807, 2.05) is 23.1 Å². The average Bonchev–Trinajstić information content (AvgIpc) is 3.08. The fourth-order valence-electron chi connectivity index (χ4n) is 3.66. The summed E-state index contributed by atoms with van der Waals surface area (Å²) < 4.78 is 9.93. The zero-order chi connectivity index (χ0) is 17.8. The number of hydrogen-bond acceptors (Lipinski definition) is 6. The third kappa shape index (κ3) is 3.93. The highest BCUT2D eigenvalue weighted by molar-refractivity contribution is 5.81. The van der Waals surface area contributed by atoms with Crippen molar-refractivity contribution >= 4 is 11.9 Å². The van der Waals surface area contributed by atoms with E-state index >= 15 is 0 Å². The number of nitrogens with zero attached hydrogens (tertiary/aromatic N) is 1. The molecule has 2 aliphatic rings. The van der Waals surface area contributed by atoms with Gasteiger partial charge in [0.1, 0.15) is 5.75 Å². The summed E-state index contributed by atoms with van der Waals surface area (Å²) in [4.78, 5) is 25.5. The summed E-state index contributed by atoms with van der Waals surface area (Å²) in [5.74, 6) is 0.773. The SMILES string of the molecule is COC(=O)CCC(=O)N1CCC2NNC(c3cccc(OC)c3)C2C1. The number of ether oxygens (including phenoxy) is 2. The maximum Gasteiger partial charge on any atom is 0.306 e. The highest BCUT2D eigenvalue weighted by atomic mass is 16.5. The van der Waals surface area contributed by atoms with Gasteiger partial charge < -0.3 is 14.4 Å². The highest BCUT2D eigenvalue weighted by Crippen LogP contribution is 2.35. The second-order valence-corrected chi connectivity index (χ2v) is 6.52. The highest BCUT2D eigenvalue weighted by Gasteiger charge is 2.41. The van der Waals surface area contributed by atoms with Crippen LogP contribution < -0.4 is 15.6 Å². The van der Waals surface area contributed by atoms with E-state index in [4.69, 9.17) is 4.74 Å². The van der Waals surface area contributed by atoms with Gasteiger partial charge in [0.05, 0.1) is 26.7 Å². The molecule has 2 aliphatic heterocycles. The van der Waals surface area contributed by atoms with Gasteiger partial charge in [-0.05, 0) is 24.1 Å². The number of benzene rings is 1. The first-order chi connectivity index (χ1) is 12.1. The number of rotatable bonds is 5. The molecule has 0 aliphatic carbocycles. The molecule has 3 unspecified atom stereocenters. The van der Waals surface area contributed by atoms with E-state index in [1.165, 1.54) is 7.11 Å². The molecule has 2 fully saturated rings. The quantitative estimate of drug-likeness (QED) is 0.774. The molecule has 0 radical (unpaired) electrons. The van der Waals surface area contributed by atoms with Crippen molar-refractivity contribution in [2.45, 2.75) is 31.3 Å². The van der Waals surface area contributed by atoms with Crippen molar-refractivity contribution < 1.29 is 19.1 Å². The van der Waals surface area contributed by atoms with Gasteiger partial charge in [-0.2, -0.15) is 0 Å². The maximum absolute atomic E-state index is 12.4. The standard InChI is InChI=1S/C18H25N3O4/c1-24-13-5-3-4-12(10-13)18-14-11-21(9-8-15(14)19-20-18)16(22)6-7-17(23)25-2/h3-5,10,14-15,18-20H,6-9,11H2,1-2H3. The Balaban J connectivity index is 1.66. The third-order valence-electron chi connectivity index (χ3n) is 5.09. The lowest BCUT2D eigenvalue weighted by molar-refractivity contribution is -0.144. The molecule has 0 aromatic heterocycles. The molecule has 2 saturated heterocycles. The molecule has 1 aromatic rings. The molecule has 1 aromatic carbocycles. The molecule has 0 bridgehead atoms. The monoisotopic (exact) mass is 347 g/mol. The summed E-state index contributed by atoms with van der Waals surface area (Å²) in [5.41, 5.74) is 7.87. The third-order valence-corrected chi connectivity index (χ3v) is 5.09. The zero-order valence-corrected chi connectivity index (χ0v) is 14.7. The normalized spacial score (nSPS) is 25.4. The number of carbonyl (C=O) groups is 2. The molecule has 136 valence electrons. The summed E-state index contributed by atoms with van der Waals surface area (Å²) in [6.45, 7) is 1.38. The van der Waals surface area contributed by atoms with Gasteiger partial charge in [0.25, 0.3) is 0 Å². The number of piperidine rings is 1. The first-order valence-corrected chi connectivity index (χ1v) is 8.62. The maximum atomic E-state index is 12.4. The average molecular weight is 347 g/mol. The van der Waals surface area contributed by atoms with Gasteiger partial charge in [0.2, 0.25) is 5.91 Å². The van der Waals surface area contributed by atoms with Crippen LogP contribution in [0, 0.1) is 5.92 Å². The number of methoxy groups -OCH3 is 2. The summed E-state index contributed by atoms with van der Waals surface area (Å²) in [6, 6.07) is 8.46. The number of carbonyl (C=O) groups excluding carboxylic acids is 2. The summed E-state index contributed by atoms with van der Waals surface area (Å²) >= 11 is 0. The molecular weight excluding hydrogens is 322 g/mol. The lowest BCUT2D eigenvalue weighted by Crippen LogP contribution is -2.47. The van der Waals surface area contributed by atoms with Crippen LogP contribution in [0.2, 0.25) is 0 Å². The molecule has 25 heavy (non-hydrogen) atoms.